The summed E-state index contributed by atoms with van der Waals surface area (Å²) >= 11 is 0. The highest BCUT2D eigenvalue weighted by Crippen LogP contribution is 2.31. The zero-order chi connectivity index (χ0) is 19.4. The Kier molecular flexibility index (Phi) is 11.0. The second-order valence-electron chi connectivity index (χ2n) is 7.48. The molecule has 0 aromatic heterocycles. The number of unbranched alkanes of at least 4 members (excludes halogenated alkanes) is 2. The van der Waals surface area contributed by atoms with Crippen LogP contribution in [0.15, 0.2) is 24.0 Å². The first-order valence-electron chi connectivity index (χ1n) is 10.3. The van der Waals surface area contributed by atoms with Gasteiger partial charge >= 0.3 is 5.97 Å². The number of aliphatic hydroxyl groups excluding tert-OH is 1. The molecule has 0 bridgehead atoms. The molecule has 1 saturated carbocycles. The van der Waals surface area contributed by atoms with Crippen LogP contribution < -0.4 is 0 Å². The number of hydrogen-bond acceptors (Lipinski definition) is 3. The van der Waals surface area contributed by atoms with E-state index < -0.39 is 11.9 Å². The molecule has 26 heavy (non-hydrogen) atoms. The standard InChI is InChI=1S/C22H36O4/c1-3-5-7-11-17(4-2)16-18(23)12-8-6-9-13-20(22(25)26)19-14-10-15-21(19)24/h6,8,16-17,19-20,23H,3-5,7,9-15H2,1-2H3,(H,25,26)/b8-6-,18-16+/t17?,19-,20+/m1/s1. The van der Waals surface area contributed by atoms with E-state index in [0.717, 1.165) is 19.3 Å². The Bertz CT molecular complexity index is 492. The van der Waals surface area contributed by atoms with Gasteiger partial charge in [-0.1, -0.05) is 45.3 Å². The summed E-state index contributed by atoms with van der Waals surface area (Å²) in [6, 6.07) is 0. The van der Waals surface area contributed by atoms with Gasteiger partial charge in [0, 0.05) is 18.8 Å². The molecule has 0 saturated heterocycles. The number of aliphatic carboxylic acids is 1. The van der Waals surface area contributed by atoms with Crippen molar-refractivity contribution < 1.29 is 19.8 Å². The van der Waals surface area contributed by atoms with Gasteiger partial charge in [-0.2, -0.15) is 0 Å². The fraction of sp³-hybridized carbons (Fsp3) is 0.727. The summed E-state index contributed by atoms with van der Waals surface area (Å²) in [4.78, 5) is 23.2. The van der Waals surface area contributed by atoms with Crippen molar-refractivity contribution in [2.45, 2.75) is 84.5 Å². The van der Waals surface area contributed by atoms with Crippen molar-refractivity contribution in [3.05, 3.63) is 24.0 Å². The normalized spacial score (nSPS) is 20.6. The third-order valence-corrected chi connectivity index (χ3v) is 5.42. The molecule has 4 heteroatoms. The molecule has 0 aromatic rings. The first-order valence-corrected chi connectivity index (χ1v) is 10.3. The van der Waals surface area contributed by atoms with Gasteiger partial charge in [0.1, 0.15) is 5.78 Å². The third kappa shape index (κ3) is 8.20. The largest absolute Gasteiger partial charge is 0.512 e. The van der Waals surface area contributed by atoms with Crippen molar-refractivity contribution in [1.29, 1.82) is 0 Å². The zero-order valence-corrected chi connectivity index (χ0v) is 16.5. The predicted octanol–water partition coefficient (Wildman–Crippen LogP) is 5.83. The van der Waals surface area contributed by atoms with Crippen LogP contribution in [0.25, 0.3) is 0 Å². The molecule has 0 amide bonds. The predicted molar refractivity (Wildman–Crippen MR) is 105 cm³/mol. The van der Waals surface area contributed by atoms with Gasteiger partial charge in [0.05, 0.1) is 11.7 Å². The van der Waals surface area contributed by atoms with Crippen LogP contribution in [0.2, 0.25) is 0 Å². The Morgan fingerprint density at radius 2 is 1.96 bits per heavy atom. The summed E-state index contributed by atoms with van der Waals surface area (Å²) in [5.41, 5.74) is 0. The van der Waals surface area contributed by atoms with Crippen LogP contribution >= 0.6 is 0 Å². The first kappa shape index (κ1) is 22.5. The molecule has 0 spiro atoms. The van der Waals surface area contributed by atoms with Crippen molar-refractivity contribution >= 4 is 11.8 Å². The number of carbonyl (C=O) groups excluding carboxylic acids is 1. The van der Waals surface area contributed by atoms with E-state index >= 15 is 0 Å². The lowest BCUT2D eigenvalue weighted by atomic mass is 9.86. The zero-order valence-electron chi connectivity index (χ0n) is 16.5. The van der Waals surface area contributed by atoms with E-state index in [9.17, 15) is 19.8 Å². The van der Waals surface area contributed by atoms with Crippen LogP contribution in [0.5, 0.6) is 0 Å². The second kappa shape index (κ2) is 12.7. The SMILES string of the molecule is CCCCCC(/C=C(/O)C/C=C\CC[C@H](C(=O)O)[C@H]1CCCC1=O)CC. The molecule has 2 N–H and O–H groups in total. The molecule has 3 atom stereocenters. The van der Waals surface area contributed by atoms with Gasteiger partial charge in [-0.3, -0.25) is 9.59 Å². The number of allylic oxidation sites excluding steroid dienone is 3. The number of carboxylic acid groups (broad SMARTS) is 1. The summed E-state index contributed by atoms with van der Waals surface area (Å²) in [5, 5.41) is 19.5. The van der Waals surface area contributed by atoms with E-state index in [1.807, 2.05) is 18.2 Å². The molecule has 0 radical (unpaired) electrons. The summed E-state index contributed by atoms with van der Waals surface area (Å²) in [6.07, 6.45) is 15.3. The van der Waals surface area contributed by atoms with E-state index in [1.165, 1.54) is 19.3 Å². The Labute approximate surface area is 158 Å². The molecule has 4 nitrogen and oxygen atoms in total. The van der Waals surface area contributed by atoms with E-state index in [1.54, 1.807) is 0 Å². The highest BCUT2D eigenvalue weighted by Gasteiger charge is 2.35. The van der Waals surface area contributed by atoms with E-state index in [0.29, 0.717) is 43.8 Å². The Balaban J connectivity index is 2.38. The van der Waals surface area contributed by atoms with Crippen molar-refractivity contribution in [3.63, 3.8) is 0 Å². The summed E-state index contributed by atoms with van der Waals surface area (Å²) in [6.45, 7) is 4.34. The maximum atomic E-state index is 11.8. The maximum Gasteiger partial charge on any atom is 0.307 e. The highest BCUT2D eigenvalue weighted by atomic mass is 16.4. The summed E-state index contributed by atoms with van der Waals surface area (Å²) < 4.78 is 0. The lowest BCUT2D eigenvalue weighted by Crippen LogP contribution is -2.26. The van der Waals surface area contributed by atoms with E-state index in [4.69, 9.17) is 0 Å². The Hall–Kier alpha value is -1.58. The molecule has 148 valence electrons. The number of rotatable bonds is 13. The number of hydrogen-bond donors (Lipinski definition) is 2. The molecule has 1 rings (SSSR count). The smallest absolute Gasteiger partial charge is 0.307 e. The summed E-state index contributed by atoms with van der Waals surface area (Å²) in [7, 11) is 0. The molecule has 0 aromatic carbocycles. The molecular formula is C22H36O4. The molecule has 1 fully saturated rings. The van der Waals surface area contributed by atoms with Gasteiger partial charge in [0.25, 0.3) is 0 Å². The van der Waals surface area contributed by atoms with Gasteiger partial charge < -0.3 is 10.2 Å². The minimum absolute atomic E-state index is 0.107. The highest BCUT2D eigenvalue weighted by molar-refractivity contribution is 5.87. The number of aliphatic hydroxyl groups is 1. The number of ketones is 1. The lowest BCUT2D eigenvalue weighted by molar-refractivity contribution is -0.146. The van der Waals surface area contributed by atoms with E-state index in [-0.39, 0.29) is 11.7 Å². The number of Topliss-reactive ketones (excluding diaryl/α,β-unsaturated/α-hetero) is 1. The minimum Gasteiger partial charge on any atom is -0.512 e. The quantitative estimate of drug-likeness (QED) is 0.245. The molecule has 0 heterocycles. The molecule has 0 aliphatic heterocycles. The molecule has 1 aliphatic carbocycles. The molecule has 1 aliphatic rings. The van der Waals surface area contributed by atoms with Gasteiger partial charge in [-0.25, -0.2) is 0 Å². The van der Waals surface area contributed by atoms with Crippen LogP contribution in [0, 0.1) is 17.8 Å². The van der Waals surface area contributed by atoms with Crippen molar-refractivity contribution in [2.75, 3.05) is 0 Å². The topological polar surface area (TPSA) is 74.6 Å². The van der Waals surface area contributed by atoms with Crippen LogP contribution in [-0.4, -0.2) is 22.0 Å². The second-order valence-corrected chi connectivity index (χ2v) is 7.48. The van der Waals surface area contributed by atoms with Crippen LogP contribution in [0.4, 0.5) is 0 Å². The summed E-state index contributed by atoms with van der Waals surface area (Å²) in [5.74, 6) is -0.801. The Morgan fingerprint density at radius 1 is 1.19 bits per heavy atom. The van der Waals surface area contributed by atoms with Crippen LogP contribution in [0.1, 0.15) is 84.5 Å². The lowest BCUT2D eigenvalue weighted by Gasteiger charge is -2.17. The average Bonchev–Trinajstić information content (AvgIpc) is 3.02. The third-order valence-electron chi connectivity index (χ3n) is 5.42. The maximum absolute atomic E-state index is 11.8. The van der Waals surface area contributed by atoms with E-state index in [2.05, 4.69) is 13.8 Å². The van der Waals surface area contributed by atoms with Crippen LogP contribution in [-0.2, 0) is 9.59 Å². The fourth-order valence-electron chi connectivity index (χ4n) is 3.76. The van der Waals surface area contributed by atoms with Gasteiger partial charge in [0.15, 0.2) is 0 Å². The number of carbonyl (C=O) groups is 2. The molecular weight excluding hydrogens is 328 g/mol. The first-order chi connectivity index (χ1) is 12.5. The van der Waals surface area contributed by atoms with Crippen molar-refractivity contribution in [1.82, 2.24) is 0 Å². The van der Waals surface area contributed by atoms with Gasteiger partial charge in [-0.15, -0.1) is 0 Å². The van der Waals surface area contributed by atoms with Crippen molar-refractivity contribution in [2.24, 2.45) is 17.8 Å². The average molecular weight is 365 g/mol. The Morgan fingerprint density at radius 3 is 2.54 bits per heavy atom. The van der Waals surface area contributed by atoms with Gasteiger partial charge in [0.2, 0.25) is 0 Å². The monoisotopic (exact) mass is 364 g/mol. The molecule has 1 unspecified atom stereocenters. The number of carboxylic acids is 1. The van der Waals surface area contributed by atoms with Crippen molar-refractivity contribution in [3.8, 4) is 0 Å². The van der Waals surface area contributed by atoms with Crippen LogP contribution in [0.3, 0.4) is 0 Å². The minimum atomic E-state index is -0.862. The van der Waals surface area contributed by atoms with Gasteiger partial charge in [-0.05, 0) is 50.5 Å². The fourth-order valence-corrected chi connectivity index (χ4v) is 3.76.